The molecule has 1 unspecified atom stereocenters. The van der Waals surface area contributed by atoms with Crippen molar-refractivity contribution in [1.82, 2.24) is 0 Å². The van der Waals surface area contributed by atoms with Gasteiger partial charge < -0.3 is 4.74 Å². The predicted molar refractivity (Wildman–Crippen MR) is 85.4 cm³/mol. The van der Waals surface area contributed by atoms with Gasteiger partial charge in [0.2, 0.25) is 0 Å². The highest BCUT2D eigenvalue weighted by Crippen LogP contribution is 2.38. The van der Waals surface area contributed by atoms with Crippen LogP contribution in [0.25, 0.3) is 0 Å². The lowest BCUT2D eigenvalue weighted by molar-refractivity contribution is 0.410. The van der Waals surface area contributed by atoms with Gasteiger partial charge in [-0.05, 0) is 57.8 Å². The van der Waals surface area contributed by atoms with Crippen molar-refractivity contribution in [1.29, 1.82) is 0 Å². The van der Waals surface area contributed by atoms with Gasteiger partial charge in [-0.25, -0.2) is 0 Å². The number of thiophene rings is 1. The van der Waals surface area contributed by atoms with Crippen LogP contribution < -0.4 is 4.74 Å². The normalized spacial score (nSPS) is 12.5. The Hall–Kier alpha value is 0.220. The molecule has 1 heterocycles. The topological polar surface area (TPSA) is 9.23 Å². The van der Waals surface area contributed by atoms with Crippen LogP contribution in [-0.4, -0.2) is 7.11 Å². The van der Waals surface area contributed by atoms with Crippen LogP contribution in [0.2, 0.25) is 0 Å². The standard InChI is InChI=1S/C12H9BrClIOS/c1-16-10-3-2-8(13)5-9(10)12(14)7-4-11(15)17-6-7/h2-6,12H,1H3. The van der Waals surface area contributed by atoms with Crippen molar-refractivity contribution in [3.05, 3.63) is 48.1 Å². The molecule has 2 aromatic rings. The van der Waals surface area contributed by atoms with E-state index in [1.807, 2.05) is 18.2 Å². The van der Waals surface area contributed by atoms with Crippen molar-refractivity contribution in [2.24, 2.45) is 0 Å². The van der Waals surface area contributed by atoms with Gasteiger partial charge in [-0.3, -0.25) is 0 Å². The lowest BCUT2D eigenvalue weighted by atomic mass is 10.1. The highest BCUT2D eigenvalue weighted by Gasteiger charge is 2.17. The molecule has 0 aliphatic heterocycles. The first-order chi connectivity index (χ1) is 8.11. The molecule has 0 N–H and O–H groups in total. The summed E-state index contributed by atoms with van der Waals surface area (Å²) in [5.74, 6) is 0.814. The van der Waals surface area contributed by atoms with Gasteiger partial charge in [0, 0.05) is 10.0 Å². The Balaban J connectivity index is 2.42. The Kier molecular flexibility index (Phi) is 4.74. The van der Waals surface area contributed by atoms with Crippen molar-refractivity contribution >= 4 is 61.5 Å². The predicted octanol–water partition coefficient (Wildman–Crippen LogP) is 5.45. The summed E-state index contributed by atoms with van der Waals surface area (Å²) < 4.78 is 7.58. The van der Waals surface area contributed by atoms with Crippen molar-refractivity contribution in [3.63, 3.8) is 0 Å². The Labute approximate surface area is 131 Å². The fraction of sp³-hybridized carbons (Fsp3) is 0.167. The van der Waals surface area contributed by atoms with Gasteiger partial charge in [0.15, 0.2) is 0 Å². The molecule has 0 amide bonds. The van der Waals surface area contributed by atoms with Crippen LogP contribution in [0, 0.1) is 2.88 Å². The summed E-state index contributed by atoms with van der Waals surface area (Å²) in [6.07, 6.45) is 0. The zero-order valence-corrected chi connectivity index (χ0v) is 14.2. The maximum Gasteiger partial charge on any atom is 0.123 e. The molecule has 17 heavy (non-hydrogen) atoms. The summed E-state index contributed by atoms with van der Waals surface area (Å²) >= 11 is 14.0. The van der Waals surface area contributed by atoms with E-state index in [4.69, 9.17) is 16.3 Å². The van der Waals surface area contributed by atoms with Gasteiger partial charge in [0.1, 0.15) is 5.75 Å². The minimum Gasteiger partial charge on any atom is -0.496 e. The molecule has 0 saturated heterocycles. The molecule has 1 aromatic heterocycles. The molecule has 2 rings (SSSR count). The van der Waals surface area contributed by atoms with Crippen LogP contribution >= 0.6 is 61.5 Å². The summed E-state index contributed by atoms with van der Waals surface area (Å²) in [6.45, 7) is 0. The Morgan fingerprint density at radius 3 is 2.76 bits per heavy atom. The van der Waals surface area contributed by atoms with E-state index in [0.717, 1.165) is 21.3 Å². The number of rotatable bonds is 3. The van der Waals surface area contributed by atoms with E-state index < -0.39 is 0 Å². The van der Waals surface area contributed by atoms with Crippen molar-refractivity contribution in [2.75, 3.05) is 7.11 Å². The summed E-state index contributed by atoms with van der Waals surface area (Å²) in [5, 5.41) is 1.90. The highest BCUT2D eigenvalue weighted by atomic mass is 127. The molecule has 0 radical (unpaired) electrons. The number of methoxy groups -OCH3 is 1. The van der Waals surface area contributed by atoms with Crippen LogP contribution in [0.15, 0.2) is 34.1 Å². The first-order valence-electron chi connectivity index (χ1n) is 4.83. The molecule has 0 spiro atoms. The lowest BCUT2D eigenvalue weighted by Crippen LogP contribution is -1.96. The molecule has 0 aliphatic rings. The third-order valence-corrected chi connectivity index (χ3v) is 5.13. The number of alkyl halides is 1. The second kappa shape index (κ2) is 5.91. The molecule has 0 fully saturated rings. The summed E-state index contributed by atoms with van der Waals surface area (Å²) in [6, 6.07) is 7.97. The number of ether oxygens (including phenoxy) is 1. The van der Waals surface area contributed by atoms with E-state index in [1.165, 1.54) is 2.88 Å². The van der Waals surface area contributed by atoms with Gasteiger partial charge in [-0.1, -0.05) is 15.9 Å². The van der Waals surface area contributed by atoms with E-state index in [-0.39, 0.29) is 5.38 Å². The molecule has 0 saturated carbocycles. The molecule has 5 heteroatoms. The largest absolute Gasteiger partial charge is 0.496 e. The van der Waals surface area contributed by atoms with Crippen LogP contribution in [-0.2, 0) is 0 Å². The quantitative estimate of drug-likeness (QED) is 0.453. The van der Waals surface area contributed by atoms with Gasteiger partial charge in [0.05, 0.1) is 15.4 Å². The SMILES string of the molecule is COc1ccc(Br)cc1C(Cl)c1csc(I)c1. The van der Waals surface area contributed by atoms with E-state index in [9.17, 15) is 0 Å². The van der Waals surface area contributed by atoms with E-state index in [2.05, 4.69) is 50.0 Å². The maximum atomic E-state index is 6.50. The maximum absolute atomic E-state index is 6.50. The summed E-state index contributed by atoms with van der Waals surface area (Å²) in [5.41, 5.74) is 2.09. The third-order valence-electron chi connectivity index (χ3n) is 2.35. The summed E-state index contributed by atoms with van der Waals surface area (Å²) in [4.78, 5) is 0. The minimum atomic E-state index is -0.179. The third kappa shape index (κ3) is 3.16. The molecule has 0 bridgehead atoms. The molecular formula is C12H9BrClIOS. The Bertz CT molecular complexity index is 529. The van der Waals surface area contributed by atoms with Gasteiger partial charge in [-0.2, -0.15) is 0 Å². The molecule has 90 valence electrons. The molecular weight excluding hydrogens is 434 g/mol. The highest BCUT2D eigenvalue weighted by molar-refractivity contribution is 14.1. The molecule has 0 aliphatic carbocycles. The van der Waals surface area contributed by atoms with Crippen molar-refractivity contribution in [2.45, 2.75) is 5.38 Å². The number of benzene rings is 1. The van der Waals surface area contributed by atoms with E-state index in [0.29, 0.717) is 0 Å². The van der Waals surface area contributed by atoms with E-state index in [1.54, 1.807) is 18.4 Å². The van der Waals surface area contributed by atoms with Gasteiger partial charge >= 0.3 is 0 Å². The van der Waals surface area contributed by atoms with E-state index >= 15 is 0 Å². The van der Waals surface area contributed by atoms with Crippen LogP contribution in [0.1, 0.15) is 16.5 Å². The zero-order chi connectivity index (χ0) is 12.4. The second-order valence-electron chi connectivity index (χ2n) is 3.43. The molecule has 1 nitrogen and oxygen atoms in total. The van der Waals surface area contributed by atoms with Crippen LogP contribution in [0.4, 0.5) is 0 Å². The smallest absolute Gasteiger partial charge is 0.123 e. The second-order valence-corrected chi connectivity index (χ2v) is 7.59. The molecule has 1 atom stereocenters. The van der Waals surface area contributed by atoms with Crippen molar-refractivity contribution < 1.29 is 4.74 Å². The monoisotopic (exact) mass is 442 g/mol. The number of hydrogen-bond donors (Lipinski definition) is 0. The Morgan fingerprint density at radius 1 is 1.41 bits per heavy atom. The number of halogens is 3. The van der Waals surface area contributed by atoms with Crippen LogP contribution in [0.3, 0.4) is 0 Å². The first-order valence-corrected chi connectivity index (χ1v) is 8.02. The zero-order valence-electron chi connectivity index (χ0n) is 8.91. The lowest BCUT2D eigenvalue weighted by Gasteiger charge is -2.13. The minimum absolute atomic E-state index is 0.179. The first kappa shape index (κ1) is 13.6. The number of hydrogen-bond acceptors (Lipinski definition) is 2. The van der Waals surface area contributed by atoms with Gasteiger partial charge in [-0.15, -0.1) is 22.9 Å². The van der Waals surface area contributed by atoms with Gasteiger partial charge in [0.25, 0.3) is 0 Å². The fourth-order valence-electron chi connectivity index (χ4n) is 1.54. The summed E-state index contributed by atoms with van der Waals surface area (Å²) in [7, 11) is 1.66. The van der Waals surface area contributed by atoms with Crippen LogP contribution in [0.5, 0.6) is 5.75 Å². The van der Waals surface area contributed by atoms with Crippen molar-refractivity contribution in [3.8, 4) is 5.75 Å². The fourth-order valence-corrected chi connectivity index (χ4v) is 3.69. The average molecular weight is 444 g/mol. The average Bonchev–Trinajstić information content (AvgIpc) is 2.75. The molecule has 1 aromatic carbocycles. The Morgan fingerprint density at radius 2 is 2.18 bits per heavy atom.